The SMILES string of the molecule is Cl.Cl.FC[C@@H](c1ccc2ccccc2c1)N1CCNCC1. The Hall–Kier alpha value is -0.870. The number of alkyl halides is 1. The molecule has 0 aliphatic carbocycles. The van der Waals surface area contributed by atoms with Gasteiger partial charge in [0.25, 0.3) is 0 Å². The standard InChI is InChI=1S/C16H19FN2.2ClH/c17-12-16(19-9-7-18-8-10-19)15-6-5-13-3-1-2-4-14(13)11-15;;/h1-6,11,16,18H,7-10,12H2;2*1H/t16-;;/m0../s1. The summed E-state index contributed by atoms with van der Waals surface area (Å²) in [6.45, 7) is 3.41. The number of fused-ring (bicyclic) bond motifs is 1. The van der Waals surface area contributed by atoms with Crippen LogP contribution in [0.2, 0.25) is 0 Å². The number of halogens is 3. The Bertz CT molecular complexity index is 559. The predicted octanol–water partition coefficient (Wildman–Crippen LogP) is 3.60. The zero-order valence-corrected chi connectivity index (χ0v) is 13.4. The van der Waals surface area contributed by atoms with Gasteiger partial charge in [-0.2, -0.15) is 0 Å². The highest BCUT2D eigenvalue weighted by atomic mass is 35.5. The lowest BCUT2D eigenvalue weighted by Crippen LogP contribution is -2.45. The van der Waals surface area contributed by atoms with E-state index in [0.717, 1.165) is 31.7 Å². The van der Waals surface area contributed by atoms with Crippen molar-refractivity contribution in [1.82, 2.24) is 10.2 Å². The molecule has 1 heterocycles. The number of nitrogens with zero attached hydrogens (tertiary/aromatic N) is 1. The Balaban J connectivity index is 0.00000110. The molecule has 0 bridgehead atoms. The van der Waals surface area contributed by atoms with E-state index in [2.05, 4.69) is 40.5 Å². The van der Waals surface area contributed by atoms with Crippen LogP contribution in [0, 0.1) is 0 Å². The molecule has 1 aliphatic heterocycles. The Kier molecular flexibility index (Phi) is 7.40. The molecule has 1 saturated heterocycles. The topological polar surface area (TPSA) is 15.3 Å². The van der Waals surface area contributed by atoms with E-state index >= 15 is 0 Å². The van der Waals surface area contributed by atoms with Crippen molar-refractivity contribution < 1.29 is 4.39 Å². The van der Waals surface area contributed by atoms with E-state index < -0.39 is 0 Å². The maximum absolute atomic E-state index is 13.5. The zero-order valence-electron chi connectivity index (χ0n) is 11.8. The number of hydrogen-bond acceptors (Lipinski definition) is 2. The third-order valence-electron chi connectivity index (χ3n) is 3.90. The Morgan fingerprint density at radius 3 is 2.33 bits per heavy atom. The fraction of sp³-hybridized carbons (Fsp3) is 0.375. The van der Waals surface area contributed by atoms with Gasteiger partial charge in [0.2, 0.25) is 0 Å². The smallest absolute Gasteiger partial charge is 0.109 e. The molecular weight excluding hydrogens is 310 g/mol. The Morgan fingerprint density at radius 2 is 1.67 bits per heavy atom. The predicted molar refractivity (Wildman–Crippen MR) is 91.6 cm³/mol. The second-order valence-electron chi connectivity index (χ2n) is 5.06. The molecule has 0 saturated carbocycles. The largest absolute Gasteiger partial charge is 0.314 e. The lowest BCUT2D eigenvalue weighted by Gasteiger charge is -2.33. The molecule has 116 valence electrons. The van der Waals surface area contributed by atoms with Crippen LogP contribution in [0.25, 0.3) is 10.8 Å². The van der Waals surface area contributed by atoms with Gasteiger partial charge in [-0.1, -0.05) is 36.4 Å². The van der Waals surface area contributed by atoms with Crippen molar-refractivity contribution in [3.8, 4) is 0 Å². The Morgan fingerprint density at radius 1 is 1.00 bits per heavy atom. The number of rotatable bonds is 3. The second kappa shape index (κ2) is 8.54. The minimum atomic E-state index is -0.321. The van der Waals surface area contributed by atoms with Crippen molar-refractivity contribution >= 4 is 35.6 Å². The second-order valence-corrected chi connectivity index (χ2v) is 5.06. The van der Waals surface area contributed by atoms with E-state index in [1.54, 1.807) is 0 Å². The normalized spacial score (nSPS) is 16.8. The van der Waals surface area contributed by atoms with E-state index in [9.17, 15) is 4.39 Å². The molecule has 0 unspecified atom stereocenters. The van der Waals surface area contributed by atoms with Gasteiger partial charge in [0.1, 0.15) is 6.67 Å². The molecule has 5 heteroatoms. The summed E-state index contributed by atoms with van der Waals surface area (Å²) in [6, 6.07) is 14.4. The van der Waals surface area contributed by atoms with Gasteiger partial charge in [0.15, 0.2) is 0 Å². The van der Waals surface area contributed by atoms with Gasteiger partial charge in [0, 0.05) is 26.2 Å². The zero-order chi connectivity index (χ0) is 13.1. The monoisotopic (exact) mass is 330 g/mol. The van der Waals surface area contributed by atoms with Gasteiger partial charge in [-0.05, 0) is 22.4 Å². The molecule has 2 aromatic rings. The van der Waals surface area contributed by atoms with Crippen molar-refractivity contribution in [2.75, 3.05) is 32.9 Å². The fourth-order valence-electron chi connectivity index (χ4n) is 2.81. The number of nitrogens with one attached hydrogen (secondary N) is 1. The van der Waals surface area contributed by atoms with Crippen molar-refractivity contribution in [3.05, 3.63) is 48.0 Å². The fourth-order valence-corrected chi connectivity index (χ4v) is 2.81. The van der Waals surface area contributed by atoms with Gasteiger partial charge < -0.3 is 5.32 Å². The summed E-state index contributed by atoms with van der Waals surface area (Å²) >= 11 is 0. The lowest BCUT2D eigenvalue weighted by atomic mass is 10.0. The first kappa shape index (κ1) is 18.2. The van der Waals surface area contributed by atoms with Crippen LogP contribution in [0.3, 0.4) is 0 Å². The first-order chi connectivity index (χ1) is 9.38. The lowest BCUT2D eigenvalue weighted by molar-refractivity contribution is 0.147. The van der Waals surface area contributed by atoms with Crippen LogP contribution in [-0.4, -0.2) is 37.8 Å². The average Bonchev–Trinajstić information content (AvgIpc) is 2.49. The van der Waals surface area contributed by atoms with Crippen molar-refractivity contribution in [2.24, 2.45) is 0 Å². The molecule has 1 atom stereocenters. The molecule has 0 aromatic heterocycles. The summed E-state index contributed by atoms with van der Waals surface area (Å²) in [4.78, 5) is 2.24. The van der Waals surface area contributed by atoms with E-state index in [4.69, 9.17) is 0 Å². The maximum atomic E-state index is 13.5. The molecule has 1 aliphatic rings. The molecule has 0 radical (unpaired) electrons. The van der Waals surface area contributed by atoms with E-state index in [1.165, 1.54) is 10.8 Å². The van der Waals surface area contributed by atoms with Crippen LogP contribution in [-0.2, 0) is 0 Å². The molecular formula is C16H21Cl2FN2. The van der Waals surface area contributed by atoms with Crippen LogP contribution in [0.1, 0.15) is 11.6 Å². The molecule has 0 spiro atoms. The van der Waals surface area contributed by atoms with Gasteiger partial charge in [0.05, 0.1) is 6.04 Å². The van der Waals surface area contributed by atoms with Crippen molar-refractivity contribution in [1.29, 1.82) is 0 Å². The highest BCUT2D eigenvalue weighted by molar-refractivity contribution is 5.85. The average molecular weight is 331 g/mol. The summed E-state index contributed by atoms with van der Waals surface area (Å²) < 4.78 is 13.5. The maximum Gasteiger partial charge on any atom is 0.109 e. The highest BCUT2D eigenvalue weighted by Crippen LogP contribution is 2.25. The minimum absolute atomic E-state index is 0. The number of hydrogen-bond donors (Lipinski definition) is 1. The summed E-state index contributed by atoms with van der Waals surface area (Å²) in [7, 11) is 0. The van der Waals surface area contributed by atoms with E-state index in [-0.39, 0.29) is 37.5 Å². The first-order valence-corrected chi connectivity index (χ1v) is 6.88. The third kappa shape index (κ3) is 4.07. The molecule has 1 fully saturated rings. The van der Waals surface area contributed by atoms with Crippen LogP contribution in [0.15, 0.2) is 42.5 Å². The third-order valence-corrected chi connectivity index (χ3v) is 3.90. The molecule has 3 rings (SSSR count). The summed E-state index contributed by atoms with van der Waals surface area (Å²) in [5, 5.41) is 5.71. The van der Waals surface area contributed by atoms with Crippen LogP contribution in [0.5, 0.6) is 0 Å². The van der Waals surface area contributed by atoms with Crippen molar-refractivity contribution in [2.45, 2.75) is 6.04 Å². The quantitative estimate of drug-likeness (QED) is 0.924. The first-order valence-electron chi connectivity index (χ1n) is 6.88. The molecule has 21 heavy (non-hydrogen) atoms. The van der Waals surface area contributed by atoms with E-state index in [0.29, 0.717) is 0 Å². The van der Waals surface area contributed by atoms with Crippen LogP contribution in [0.4, 0.5) is 4.39 Å². The van der Waals surface area contributed by atoms with Crippen LogP contribution < -0.4 is 5.32 Å². The highest BCUT2D eigenvalue weighted by Gasteiger charge is 2.22. The van der Waals surface area contributed by atoms with Gasteiger partial charge in [-0.15, -0.1) is 24.8 Å². The van der Waals surface area contributed by atoms with Crippen molar-refractivity contribution in [3.63, 3.8) is 0 Å². The van der Waals surface area contributed by atoms with Gasteiger partial charge >= 0.3 is 0 Å². The summed E-state index contributed by atoms with van der Waals surface area (Å²) in [5.74, 6) is 0. The molecule has 2 aromatic carbocycles. The number of piperazine rings is 1. The van der Waals surface area contributed by atoms with Gasteiger partial charge in [-0.25, -0.2) is 4.39 Å². The van der Waals surface area contributed by atoms with E-state index in [1.807, 2.05) is 12.1 Å². The summed E-state index contributed by atoms with van der Waals surface area (Å²) in [6.07, 6.45) is 0. The molecule has 0 amide bonds. The molecule has 2 nitrogen and oxygen atoms in total. The number of benzene rings is 2. The summed E-state index contributed by atoms with van der Waals surface area (Å²) in [5.41, 5.74) is 1.09. The van der Waals surface area contributed by atoms with Crippen LogP contribution >= 0.6 is 24.8 Å². The minimum Gasteiger partial charge on any atom is -0.314 e. The Labute approximate surface area is 137 Å². The molecule has 1 N–H and O–H groups in total. The van der Waals surface area contributed by atoms with Gasteiger partial charge in [-0.3, -0.25) is 4.90 Å².